The maximum absolute atomic E-state index is 4.71. The molecule has 1 aromatic heterocycles. The van der Waals surface area contributed by atoms with Gasteiger partial charge in [-0.05, 0) is 51.4 Å². The van der Waals surface area contributed by atoms with E-state index < -0.39 is 0 Å². The Morgan fingerprint density at radius 1 is 1.11 bits per heavy atom. The van der Waals surface area contributed by atoms with Crippen LogP contribution < -0.4 is 5.32 Å². The lowest BCUT2D eigenvalue weighted by Crippen LogP contribution is -2.04. The molecule has 0 saturated carbocycles. The number of nitrogens with zero attached hydrogens (tertiary/aromatic N) is 1. The maximum atomic E-state index is 4.71. The number of benzene rings is 1. The van der Waals surface area contributed by atoms with Crippen molar-refractivity contribution in [1.29, 1.82) is 0 Å². The lowest BCUT2D eigenvalue weighted by molar-refractivity contribution is 0.823. The van der Waals surface area contributed by atoms with E-state index in [0.29, 0.717) is 0 Å². The van der Waals surface area contributed by atoms with Gasteiger partial charge in [-0.15, -0.1) is 11.3 Å². The molecule has 2 nitrogen and oxygen atoms in total. The van der Waals surface area contributed by atoms with Gasteiger partial charge in [-0.2, -0.15) is 0 Å². The highest BCUT2D eigenvalue weighted by molar-refractivity contribution is 7.15. The SMILES string of the molecule is CNCc1sc(-c2ccc(C)c(C)c2C)nc1C. The number of thiazole rings is 1. The molecule has 0 bridgehead atoms. The molecule has 1 heterocycles. The van der Waals surface area contributed by atoms with Crippen molar-refractivity contribution in [2.75, 3.05) is 7.05 Å². The second-order valence-electron chi connectivity index (χ2n) is 4.74. The third-order valence-corrected chi connectivity index (χ3v) is 4.71. The summed E-state index contributed by atoms with van der Waals surface area (Å²) in [6.45, 7) is 9.51. The minimum absolute atomic E-state index is 0.896. The predicted octanol–water partition coefficient (Wildman–Crippen LogP) is 3.76. The van der Waals surface area contributed by atoms with Gasteiger partial charge in [0, 0.05) is 17.0 Å². The Kier molecular flexibility index (Phi) is 3.83. The Balaban J connectivity index is 2.49. The highest BCUT2D eigenvalue weighted by Gasteiger charge is 2.12. The minimum Gasteiger partial charge on any atom is -0.315 e. The molecule has 0 atom stereocenters. The van der Waals surface area contributed by atoms with Gasteiger partial charge in [0.15, 0.2) is 0 Å². The van der Waals surface area contributed by atoms with Gasteiger partial charge in [0.1, 0.15) is 5.01 Å². The monoisotopic (exact) mass is 260 g/mol. The fourth-order valence-electron chi connectivity index (χ4n) is 2.06. The Hall–Kier alpha value is -1.19. The van der Waals surface area contributed by atoms with Gasteiger partial charge < -0.3 is 5.32 Å². The first kappa shape index (κ1) is 13.2. The van der Waals surface area contributed by atoms with E-state index in [-0.39, 0.29) is 0 Å². The molecule has 96 valence electrons. The fraction of sp³-hybridized carbons (Fsp3) is 0.400. The molecule has 3 heteroatoms. The molecule has 0 aliphatic heterocycles. The van der Waals surface area contributed by atoms with Crippen LogP contribution in [0.25, 0.3) is 10.6 Å². The van der Waals surface area contributed by atoms with Crippen LogP contribution in [-0.2, 0) is 6.54 Å². The Morgan fingerprint density at radius 3 is 2.50 bits per heavy atom. The molecule has 1 N–H and O–H groups in total. The van der Waals surface area contributed by atoms with Crippen molar-refractivity contribution in [1.82, 2.24) is 10.3 Å². The molecular formula is C15H20N2S. The lowest BCUT2D eigenvalue weighted by atomic mass is 9.99. The van der Waals surface area contributed by atoms with Crippen LogP contribution in [0.5, 0.6) is 0 Å². The van der Waals surface area contributed by atoms with Crippen molar-refractivity contribution in [3.05, 3.63) is 39.4 Å². The van der Waals surface area contributed by atoms with E-state index >= 15 is 0 Å². The smallest absolute Gasteiger partial charge is 0.124 e. The zero-order chi connectivity index (χ0) is 13.3. The van der Waals surface area contributed by atoms with Crippen LogP contribution in [0.2, 0.25) is 0 Å². The van der Waals surface area contributed by atoms with E-state index in [1.807, 2.05) is 7.05 Å². The van der Waals surface area contributed by atoms with Crippen LogP contribution in [0.3, 0.4) is 0 Å². The lowest BCUT2D eigenvalue weighted by Gasteiger charge is -2.08. The quantitative estimate of drug-likeness (QED) is 0.909. The fourth-order valence-corrected chi connectivity index (χ4v) is 3.21. The van der Waals surface area contributed by atoms with E-state index in [2.05, 4.69) is 45.1 Å². The third-order valence-electron chi connectivity index (χ3n) is 3.52. The van der Waals surface area contributed by atoms with Gasteiger partial charge in [0.2, 0.25) is 0 Å². The molecule has 0 aliphatic rings. The zero-order valence-corrected chi connectivity index (χ0v) is 12.5. The molecule has 18 heavy (non-hydrogen) atoms. The summed E-state index contributed by atoms with van der Waals surface area (Å²) in [7, 11) is 1.97. The van der Waals surface area contributed by atoms with Gasteiger partial charge in [-0.3, -0.25) is 0 Å². The normalized spacial score (nSPS) is 10.9. The van der Waals surface area contributed by atoms with Crippen LogP contribution in [0.1, 0.15) is 27.3 Å². The first-order valence-corrected chi connectivity index (χ1v) is 7.04. The van der Waals surface area contributed by atoms with E-state index in [0.717, 1.165) is 17.2 Å². The largest absolute Gasteiger partial charge is 0.315 e. The Labute approximate surface area is 113 Å². The first-order chi connectivity index (χ1) is 8.54. The van der Waals surface area contributed by atoms with Crippen LogP contribution in [0, 0.1) is 27.7 Å². The molecule has 2 rings (SSSR count). The molecule has 0 saturated heterocycles. The molecule has 0 amide bonds. The average Bonchev–Trinajstić information content (AvgIpc) is 2.68. The first-order valence-electron chi connectivity index (χ1n) is 6.22. The van der Waals surface area contributed by atoms with Crippen LogP contribution >= 0.6 is 11.3 Å². The average molecular weight is 260 g/mol. The van der Waals surface area contributed by atoms with E-state index in [1.54, 1.807) is 11.3 Å². The van der Waals surface area contributed by atoms with Crippen LogP contribution in [0.15, 0.2) is 12.1 Å². The number of nitrogens with one attached hydrogen (secondary N) is 1. The Bertz CT molecular complexity index is 570. The maximum Gasteiger partial charge on any atom is 0.124 e. The van der Waals surface area contributed by atoms with Gasteiger partial charge >= 0.3 is 0 Å². The van der Waals surface area contributed by atoms with Crippen molar-refractivity contribution < 1.29 is 0 Å². The molecule has 0 unspecified atom stereocenters. The summed E-state index contributed by atoms with van der Waals surface area (Å²) >= 11 is 1.79. The van der Waals surface area contributed by atoms with Crippen LogP contribution in [0.4, 0.5) is 0 Å². The minimum atomic E-state index is 0.896. The van der Waals surface area contributed by atoms with Gasteiger partial charge in [-0.25, -0.2) is 4.98 Å². The second-order valence-corrected chi connectivity index (χ2v) is 5.82. The summed E-state index contributed by atoms with van der Waals surface area (Å²) in [4.78, 5) is 6.03. The van der Waals surface area contributed by atoms with Crippen LogP contribution in [-0.4, -0.2) is 12.0 Å². The summed E-state index contributed by atoms with van der Waals surface area (Å²) in [5, 5.41) is 4.33. The molecule has 0 spiro atoms. The van der Waals surface area contributed by atoms with Gasteiger partial charge in [-0.1, -0.05) is 12.1 Å². The second kappa shape index (κ2) is 5.21. The third kappa shape index (κ3) is 2.33. The Morgan fingerprint density at radius 2 is 1.83 bits per heavy atom. The van der Waals surface area contributed by atoms with Crippen molar-refractivity contribution in [3.63, 3.8) is 0 Å². The van der Waals surface area contributed by atoms with E-state index in [1.165, 1.54) is 27.1 Å². The predicted molar refractivity (Wildman–Crippen MR) is 79.3 cm³/mol. The number of rotatable bonds is 3. The molecule has 1 aromatic carbocycles. The molecule has 0 aliphatic carbocycles. The summed E-state index contributed by atoms with van der Waals surface area (Å²) in [6.07, 6.45) is 0. The van der Waals surface area contributed by atoms with Gasteiger partial charge in [0.05, 0.1) is 5.69 Å². The number of hydrogen-bond donors (Lipinski definition) is 1. The van der Waals surface area contributed by atoms with Crippen molar-refractivity contribution in [2.24, 2.45) is 0 Å². The van der Waals surface area contributed by atoms with Crippen molar-refractivity contribution >= 4 is 11.3 Å². The number of aryl methyl sites for hydroxylation is 2. The van der Waals surface area contributed by atoms with E-state index in [9.17, 15) is 0 Å². The van der Waals surface area contributed by atoms with Crippen molar-refractivity contribution in [3.8, 4) is 10.6 Å². The molecule has 0 fully saturated rings. The topological polar surface area (TPSA) is 24.9 Å². The standard InChI is InChI=1S/C15H20N2S/c1-9-6-7-13(11(3)10(9)2)15-17-12(4)14(18-15)8-16-5/h6-7,16H,8H2,1-5H3. The van der Waals surface area contributed by atoms with Gasteiger partial charge in [0.25, 0.3) is 0 Å². The summed E-state index contributed by atoms with van der Waals surface area (Å²) in [5.41, 5.74) is 6.48. The zero-order valence-electron chi connectivity index (χ0n) is 11.7. The molecular weight excluding hydrogens is 240 g/mol. The highest BCUT2D eigenvalue weighted by atomic mass is 32.1. The number of aromatic nitrogens is 1. The summed E-state index contributed by atoms with van der Waals surface area (Å²) < 4.78 is 0. The summed E-state index contributed by atoms with van der Waals surface area (Å²) in [6, 6.07) is 4.38. The molecule has 0 radical (unpaired) electrons. The highest BCUT2D eigenvalue weighted by Crippen LogP contribution is 2.32. The van der Waals surface area contributed by atoms with E-state index in [4.69, 9.17) is 4.98 Å². The number of hydrogen-bond acceptors (Lipinski definition) is 3. The van der Waals surface area contributed by atoms with Crippen molar-refractivity contribution in [2.45, 2.75) is 34.2 Å². The summed E-state index contributed by atoms with van der Waals surface area (Å²) in [5.74, 6) is 0. The molecule has 2 aromatic rings.